The van der Waals surface area contributed by atoms with Crippen molar-refractivity contribution in [2.75, 3.05) is 19.4 Å². The van der Waals surface area contributed by atoms with Gasteiger partial charge < -0.3 is 10.4 Å². The number of aryl methyl sites for hydroxylation is 1. The van der Waals surface area contributed by atoms with Crippen LogP contribution in [-0.2, 0) is 0 Å². The number of carbonyl (C=O) groups excluding carboxylic acids is 1. The first-order valence-corrected chi connectivity index (χ1v) is 8.16. The van der Waals surface area contributed by atoms with Crippen molar-refractivity contribution in [2.45, 2.75) is 31.9 Å². The first kappa shape index (κ1) is 17.6. The third kappa shape index (κ3) is 5.82. The van der Waals surface area contributed by atoms with Gasteiger partial charge in [-0.2, -0.15) is 11.8 Å². The monoisotopic (exact) mass is 305 g/mol. The Morgan fingerprint density at radius 2 is 2.14 bits per heavy atom. The van der Waals surface area contributed by atoms with Crippen molar-refractivity contribution in [2.24, 2.45) is 0 Å². The molecule has 0 aliphatic carbocycles. The summed E-state index contributed by atoms with van der Waals surface area (Å²) in [4.78, 5) is 12.3. The molecule has 0 unspecified atom stereocenters. The van der Waals surface area contributed by atoms with Crippen LogP contribution < -0.4 is 5.32 Å². The molecular weight excluding hydrogens is 282 g/mol. The quantitative estimate of drug-likeness (QED) is 0.822. The van der Waals surface area contributed by atoms with Gasteiger partial charge in [-0.25, -0.2) is 0 Å². The average molecular weight is 305 g/mol. The number of hydrogen-bond donors (Lipinski definition) is 2. The smallest absolute Gasteiger partial charge is 0.251 e. The molecule has 0 aliphatic heterocycles. The molecule has 0 bridgehead atoms. The highest BCUT2D eigenvalue weighted by molar-refractivity contribution is 7.99. The molecule has 0 radical (unpaired) electrons. The maximum atomic E-state index is 12.3. The van der Waals surface area contributed by atoms with Crippen molar-refractivity contribution in [1.82, 2.24) is 5.32 Å². The molecule has 1 aromatic rings. The Hall–Kier alpha value is -1.44. The SMILES string of the molecule is CSC(C)(C)CNC(=O)c1cc(C#CCCO)ccc1C. The van der Waals surface area contributed by atoms with E-state index in [4.69, 9.17) is 5.11 Å². The Labute approximate surface area is 131 Å². The third-order valence-corrected chi connectivity index (χ3v) is 4.43. The van der Waals surface area contributed by atoms with Crippen LogP contribution in [0.4, 0.5) is 0 Å². The Bertz CT molecular complexity index is 556. The van der Waals surface area contributed by atoms with Gasteiger partial charge in [-0.1, -0.05) is 17.9 Å². The van der Waals surface area contributed by atoms with Gasteiger partial charge in [0.25, 0.3) is 5.91 Å². The zero-order valence-electron chi connectivity index (χ0n) is 13.1. The summed E-state index contributed by atoms with van der Waals surface area (Å²) in [7, 11) is 0. The minimum absolute atomic E-state index is 0.0160. The molecule has 0 aliphatic rings. The fourth-order valence-electron chi connectivity index (χ4n) is 1.63. The molecule has 1 amide bonds. The lowest BCUT2D eigenvalue weighted by Gasteiger charge is -2.22. The standard InChI is InChI=1S/C17H23NO2S/c1-13-8-9-14(7-5-6-10-19)11-15(13)16(20)18-12-17(2,3)21-4/h8-9,11,19H,6,10,12H2,1-4H3,(H,18,20). The van der Waals surface area contributed by atoms with Crippen LogP contribution in [0.25, 0.3) is 0 Å². The molecule has 0 spiro atoms. The van der Waals surface area contributed by atoms with Crippen molar-refractivity contribution in [1.29, 1.82) is 0 Å². The van der Waals surface area contributed by atoms with E-state index >= 15 is 0 Å². The molecule has 3 nitrogen and oxygen atoms in total. The zero-order chi connectivity index (χ0) is 15.9. The highest BCUT2D eigenvalue weighted by atomic mass is 32.2. The molecule has 0 saturated heterocycles. The van der Waals surface area contributed by atoms with Crippen LogP contribution in [-0.4, -0.2) is 35.2 Å². The second-order valence-electron chi connectivity index (χ2n) is 5.45. The van der Waals surface area contributed by atoms with Crippen molar-refractivity contribution in [3.8, 4) is 11.8 Å². The van der Waals surface area contributed by atoms with Crippen LogP contribution in [0.5, 0.6) is 0 Å². The number of nitrogens with one attached hydrogen (secondary N) is 1. The summed E-state index contributed by atoms with van der Waals surface area (Å²) in [6, 6.07) is 5.60. The van der Waals surface area contributed by atoms with Crippen LogP contribution in [0.1, 0.15) is 41.8 Å². The number of carbonyl (C=O) groups is 1. The summed E-state index contributed by atoms with van der Waals surface area (Å²) in [5, 5.41) is 11.7. The van der Waals surface area contributed by atoms with E-state index in [9.17, 15) is 4.79 Å². The van der Waals surface area contributed by atoms with Crippen LogP contribution in [0.2, 0.25) is 0 Å². The van der Waals surface area contributed by atoms with Gasteiger partial charge in [-0.15, -0.1) is 0 Å². The minimum atomic E-state index is -0.0690. The molecule has 0 aromatic heterocycles. The molecule has 4 heteroatoms. The van der Waals surface area contributed by atoms with Crippen LogP contribution >= 0.6 is 11.8 Å². The van der Waals surface area contributed by atoms with Crippen LogP contribution in [0.15, 0.2) is 18.2 Å². The number of rotatable bonds is 5. The normalized spacial score (nSPS) is 10.7. The topological polar surface area (TPSA) is 49.3 Å². The average Bonchev–Trinajstić information content (AvgIpc) is 2.47. The van der Waals surface area contributed by atoms with E-state index in [-0.39, 0.29) is 17.3 Å². The number of amides is 1. The molecule has 21 heavy (non-hydrogen) atoms. The number of benzene rings is 1. The molecular formula is C17H23NO2S. The van der Waals surface area contributed by atoms with Crippen molar-refractivity contribution < 1.29 is 9.90 Å². The van der Waals surface area contributed by atoms with Gasteiger partial charge in [0.2, 0.25) is 0 Å². The first-order chi connectivity index (χ1) is 9.89. The van der Waals surface area contributed by atoms with E-state index in [2.05, 4.69) is 31.0 Å². The molecule has 114 valence electrons. The third-order valence-electron chi connectivity index (χ3n) is 3.18. The minimum Gasteiger partial charge on any atom is -0.395 e. The van der Waals surface area contributed by atoms with Gasteiger partial charge >= 0.3 is 0 Å². The summed E-state index contributed by atoms with van der Waals surface area (Å²) in [5.41, 5.74) is 2.38. The van der Waals surface area contributed by atoms with Gasteiger partial charge in [-0.3, -0.25) is 4.79 Å². The predicted molar refractivity (Wildman–Crippen MR) is 89.7 cm³/mol. The lowest BCUT2D eigenvalue weighted by atomic mass is 10.0. The van der Waals surface area contributed by atoms with Gasteiger partial charge in [0.05, 0.1) is 6.61 Å². The Morgan fingerprint density at radius 3 is 2.76 bits per heavy atom. The van der Waals surface area contributed by atoms with E-state index in [0.29, 0.717) is 18.5 Å². The van der Waals surface area contributed by atoms with E-state index in [1.165, 1.54) is 0 Å². The van der Waals surface area contributed by atoms with E-state index in [1.54, 1.807) is 17.8 Å². The molecule has 0 saturated carbocycles. The van der Waals surface area contributed by atoms with Gasteiger partial charge in [-0.05, 0) is 44.7 Å². The molecule has 1 rings (SSSR count). The van der Waals surface area contributed by atoms with E-state index in [0.717, 1.165) is 11.1 Å². The van der Waals surface area contributed by atoms with Gasteiger partial charge in [0, 0.05) is 28.8 Å². The predicted octanol–water partition coefficient (Wildman–Crippen LogP) is 2.60. The number of hydrogen-bond acceptors (Lipinski definition) is 3. The summed E-state index contributed by atoms with van der Waals surface area (Å²) in [5.74, 6) is 5.76. The highest BCUT2D eigenvalue weighted by Crippen LogP contribution is 2.20. The van der Waals surface area contributed by atoms with Crippen LogP contribution in [0.3, 0.4) is 0 Å². The second-order valence-corrected chi connectivity index (χ2v) is 6.96. The van der Waals surface area contributed by atoms with Crippen LogP contribution in [0, 0.1) is 18.8 Å². The lowest BCUT2D eigenvalue weighted by Crippen LogP contribution is -2.36. The molecule has 0 fully saturated rings. The number of aliphatic hydroxyl groups excluding tert-OH is 1. The van der Waals surface area contributed by atoms with Crippen molar-refractivity contribution in [3.05, 3.63) is 34.9 Å². The first-order valence-electron chi connectivity index (χ1n) is 6.93. The maximum absolute atomic E-state index is 12.3. The van der Waals surface area contributed by atoms with Crippen molar-refractivity contribution >= 4 is 17.7 Å². The largest absolute Gasteiger partial charge is 0.395 e. The summed E-state index contributed by atoms with van der Waals surface area (Å²) >= 11 is 1.72. The van der Waals surface area contributed by atoms with Gasteiger partial charge in [0.1, 0.15) is 0 Å². The molecule has 0 atom stereocenters. The Balaban J connectivity index is 2.84. The Kier molecular flexibility index (Phi) is 6.80. The fraction of sp³-hybridized carbons (Fsp3) is 0.471. The molecule has 1 aromatic carbocycles. The molecule has 0 heterocycles. The van der Waals surface area contributed by atoms with E-state index in [1.807, 2.05) is 25.3 Å². The summed E-state index contributed by atoms with van der Waals surface area (Å²) in [6.45, 7) is 6.78. The van der Waals surface area contributed by atoms with E-state index < -0.39 is 0 Å². The van der Waals surface area contributed by atoms with Crippen molar-refractivity contribution in [3.63, 3.8) is 0 Å². The second kappa shape index (κ2) is 8.11. The Morgan fingerprint density at radius 1 is 1.43 bits per heavy atom. The summed E-state index contributed by atoms with van der Waals surface area (Å²) in [6.07, 6.45) is 2.48. The fourth-order valence-corrected chi connectivity index (χ4v) is 1.84. The number of thioether (sulfide) groups is 1. The highest BCUT2D eigenvalue weighted by Gasteiger charge is 2.18. The lowest BCUT2D eigenvalue weighted by molar-refractivity contribution is 0.0950. The zero-order valence-corrected chi connectivity index (χ0v) is 13.9. The van der Waals surface area contributed by atoms with Gasteiger partial charge in [0.15, 0.2) is 0 Å². The number of aliphatic hydroxyl groups is 1. The summed E-state index contributed by atoms with van der Waals surface area (Å²) < 4.78 is 0.0160. The molecule has 2 N–H and O–H groups in total. The maximum Gasteiger partial charge on any atom is 0.251 e.